The zero-order valence-electron chi connectivity index (χ0n) is 6.35. The Balaban J connectivity index is 2.58. The molecule has 1 rings (SSSR count). The third kappa shape index (κ3) is 2.38. The normalized spacial score (nSPS) is 10.5. The number of hydrogen-bond acceptors (Lipinski definition) is 1. The third-order valence-electron chi connectivity index (χ3n) is 1.44. The largest absolute Gasteiger partial charge is 0.257 e. The quantitative estimate of drug-likeness (QED) is 0.673. The highest BCUT2D eigenvalue weighted by atomic mass is 35.5. The third-order valence-corrected chi connectivity index (χ3v) is 2.06. The maximum Gasteiger partial charge on any atom is 0.126 e. The summed E-state index contributed by atoms with van der Waals surface area (Å²) < 4.78 is 1.66. The van der Waals surface area contributed by atoms with Gasteiger partial charge in [0.05, 0.1) is 5.69 Å². The summed E-state index contributed by atoms with van der Waals surface area (Å²) >= 11 is 11.3. The van der Waals surface area contributed by atoms with Crippen LogP contribution in [-0.2, 0) is 13.5 Å². The van der Waals surface area contributed by atoms with Gasteiger partial charge in [0.15, 0.2) is 0 Å². The Bertz CT molecular complexity index is 213. The van der Waals surface area contributed by atoms with E-state index in [0.29, 0.717) is 11.0 Å². The summed E-state index contributed by atoms with van der Waals surface area (Å²) in [6.07, 6.45) is 1.86. The molecule has 0 spiro atoms. The van der Waals surface area contributed by atoms with E-state index in [1.165, 1.54) is 0 Å². The van der Waals surface area contributed by atoms with Crippen LogP contribution in [0, 0.1) is 0 Å². The van der Waals surface area contributed by atoms with Crippen molar-refractivity contribution in [3.8, 4) is 0 Å². The Hall–Kier alpha value is -0.210. The Labute approximate surface area is 76.1 Å². The van der Waals surface area contributed by atoms with Crippen molar-refractivity contribution in [2.75, 3.05) is 5.88 Å². The van der Waals surface area contributed by atoms with Crippen molar-refractivity contribution in [3.63, 3.8) is 0 Å². The SMILES string of the molecule is Cn1nc(CCCCl)cc1Cl. The molecule has 0 aliphatic heterocycles. The average Bonchev–Trinajstić information content (AvgIpc) is 2.28. The first-order valence-corrected chi connectivity index (χ1v) is 4.39. The molecule has 0 aliphatic rings. The molecule has 1 heterocycles. The molecule has 0 atom stereocenters. The fourth-order valence-corrected chi connectivity index (χ4v) is 1.17. The number of alkyl halides is 1. The van der Waals surface area contributed by atoms with E-state index in [2.05, 4.69) is 5.10 Å². The van der Waals surface area contributed by atoms with Crippen molar-refractivity contribution in [3.05, 3.63) is 16.9 Å². The van der Waals surface area contributed by atoms with Gasteiger partial charge in [0.25, 0.3) is 0 Å². The summed E-state index contributed by atoms with van der Waals surface area (Å²) in [5.74, 6) is 0.675. The molecule has 0 saturated heterocycles. The summed E-state index contributed by atoms with van der Waals surface area (Å²) in [5, 5.41) is 4.85. The monoisotopic (exact) mass is 192 g/mol. The Kier molecular flexibility index (Phi) is 3.21. The van der Waals surface area contributed by atoms with Crippen molar-refractivity contribution in [1.29, 1.82) is 0 Å². The minimum absolute atomic E-state index is 0.675. The molecule has 1 aromatic heterocycles. The first-order chi connectivity index (χ1) is 5.24. The molecule has 2 nitrogen and oxygen atoms in total. The predicted molar refractivity (Wildman–Crippen MR) is 47.3 cm³/mol. The van der Waals surface area contributed by atoms with E-state index in [0.717, 1.165) is 18.5 Å². The van der Waals surface area contributed by atoms with E-state index in [9.17, 15) is 0 Å². The van der Waals surface area contributed by atoms with Crippen LogP contribution in [0.3, 0.4) is 0 Å². The van der Waals surface area contributed by atoms with Gasteiger partial charge in [-0.15, -0.1) is 11.6 Å². The van der Waals surface area contributed by atoms with Crippen LogP contribution in [0.25, 0.3) is 0 Å². The van der Waals surface area contributed by atoms with Gasteiger partial charge in [-0.1, -0.05) is 11.6 Å². The van der Waals surface area contributed by atoms with Gasteiger partial charge in [-0.25, -0.2) is 0 Å². The highest BCUT2D eigenvalue weighted by Crippen LogP contribution is 2.10. The van der Waals surface area contributed by atoms with E-state index >= 15 is 0 Å². The van der Waals surface area contributed by atoms with Crippen LogP contribution in [0.2, 0.25) is 5.15 Å². The lowest BCUT2D eigenvalue weighted by Gasteiger charge is -1.90. The number of hydrogen-bond donors (Lipinski definition) is 0. The van der Waals surface area contributed by atoms with Crippen LogP contribution >= 0.6 is 23.2 Å². The summed E-state index contributed by atoms with van der Waals surface area (Å²) in [4.78, 5) is 0. The molecular weight excluding hydrogens is 183 g/mol. The van der Waals surface area contributed by atoms with Crippen LogP contribution in [-0.4, -0.2) is 15.7 Å². The summed E-state index contributed by atoms with van der Waals surface area (Å²) in [5.41, 5.74) is 1.01. The van der Waals surface area contributed by atoms with Crippen molar-refractivity contribution in [2.45, 2.75) is 12.8 Å². The van der Waals surface area contributed by atoms with Crippen LogP contribution < -0.4 is 0 Å². The fourth-order valence-electron chi connectivity index (χ4n) is 0.870. The minimum Gasteiger partial charge on any atom is -0.257 e. The van der Waals surface area contributed by atoms with Crippen molar-refractivity contribution in [2.24, 2.45) is 7.05 Å². The maximum atomic E-state index is 5.78. The summed E-state index contributed by atoms with van der Waals surface area (Å²) in [6, 6.07) is 1.87. The number of halogens is 2. The molecule has 4 heteroatoms. The molecule has 11 heavy (non-hydrogen) atoms. The van der Waals surface area contributed by atoms with Gasteiger partial charge in [0, 0.05) is 12.9 Å². The number of aryl methyl sites for hydroxylation is 2. The Morgan fingerprint density at radius 3 is 2.82 bits per heavy atom. The lowest BCUT2D eigenvalue weighted by molar-refractivity contribution is 0.735. The second-order valence-electron chi connectivity index (χ2n) is 2.37. The van der Waals surface area contributed by atoms with Crippen LogP contribution in [0.1, 0.15) is 12.1 Å². The Morgan fingerprint density at radius 2 is 2.36 bits per heavy atom. The fraction of sp³-hybridized carbons (Fsp3) is 0.571. The van der Waals surface area contributed by atoms with Gasteiger partial charge >= 0.3 is 0 Å². The molecule has 0 N–H and O–H groups in total. The average molecular weight is 193 g/mol. The topological polar surface area (TPSA) is 17.8 Å². The molecule has 0 bridgehead atoms. The number of aromatic nitrogens is 2. The lowest BCUT2D eigenvalue weighted by Crippen LogP contribution is -1.92. The Morgan fingerprint density at radius 1 is 1.64 bits per heavy atom. The first-order valence-electron chi connectivity index (χ1n) is 3.48. The molecular formula is C7H10Cl2N2. The van der Waals surface area contributed by atoms with Crippen LogP contribution in [0.5, 0.6) is 0 Å². The van der Waals surface area contributed by atoms with Gasteiger partial charge < -0.3 is 0 Å². The van der Waals surface area contributed by atoms with E-state index in [4.69, 9.17) is 23.2 Å². The zero-order valence-corrected chi connectivity index (χ0v) is 7.86. The molecule has 62 valence electrons. The molecule has 0 saturated carbocycles. The summed E-state index contributed by atoms with van der Waals surface area (Å²) in [7, 11) is 1.83. The number of nitrogens with zero attached hydrogens (tertiary/aromatic N) is 2. The second-order valence-corrected chi connectivity index (χ2v) is 3.14. The minimum atomic E-state index is 0.675. The van der Waals surface area contributed by atoms with Crippen molar-refractivity contribution >= 4 is 23.2 Å². The summed E-state index contributed by atoms with van der Waals surface area (Å²) in [6.45, 7) is 0. The second kappa shape index (κ2) is 3.98. The van der Waals surface area contributed by atoms with Gasteiger partial charge in [-0.3, -0.25) is 4.68 Å². The van der Waals surface area contributed by atoms with Crippen LogP contribution in [0.15, 0.2) is 6.07 Å². The van der Waals surface area contributed by atoms with E-state index < -0.39 is 0 Å². The maximum absolute atomic E-state index is 5.78. The van der Waals surface area contributed by atoms with Gasteiger partial charge in [-0.05, 0) is 18.9 Å². The molecule has 0 aromatic carbocycles. The van der Waals surface area contributed by atoms with Gasteiger partial charge in [0.1, 0.15) is 5.15 Å². The lowest BCUT2D eigenvalue weighted by atomic mass is 10.3. The number of rotatable bonds is 3. The van der Waals surface area contributed by atoms with Crippen LogP contribution in [0.4, 0.5) is 0 Å². The van der Waals surface area contributed by atoms with Crippen molar-refractivity contribution in [1.82, 2.24) is 9.78 Å². The van der Waals surface area contributed by atoms with Crippen molar-refractivity contribution < 1.29 is 0 Å². The smallest absolute Gasteiger partial charge is 0.126 e. The molecule has 0 fully saturated rings. The van der Waals surface area contributed by atoms with E-state index in [1.54, 1.807) is 4.68 Å². The van der Waals surface area contributed by atoms with Gasteiger partial charge in [-0.2, -0.15) is 5.10 Å². The van der Waals surface area contributed by atoms with E-state index in [1.807, 2.05) is 13.1 Å². The highest BCUT2D eigenvalue weighted by molar-refractivity contribution is 6.29. The molecule has 1 aromatic rings. The molecule has 0 aliphatic carbocycles. The zero-order chi connectivity index (χ0) is 8.27. The first kappa shape index (κ1) is 8.88. The molecule has 0 unspecified atom stereocenters. The molecule has 0 amide bonds. The standard InChI is InChI=1S/C7H10Cl2N2/c1-11-7(9)5-6(10-11)3-2-4-8/h5H,2-4H2,1H3. The molecule has 0 radical (unpaired) electrons. The van der Waals surface area contributed by atoms with E-state index in [-0.39, 0.29) is 0 Å². The predicted octanol–water partition coefficient (Wildman–Crippen LogP) is 2.24. The highest BCUT2D eigenvalue weighted by Gasteiger charge is 2.00. The van der Waals surface area contributed by atoms with Gasteiger partial charge in [0.2, 0.25) is 0 Å².